The summed E-state index contributed by atoms with van der Waals surface area (Å²) in [4.78, 5) is 54.8. The molecule has 0 bridgehead atoms. The molecular formula is C30H39N5O5. The first-order valence-electron chi connectivity index (χ1n) is 13.3. The fourth-order valence-corrected chi connectivity index (χ4v) is 4.30. The molecule has 3 atom stereocenters. The smallest absolute Gasteiger partial charge is 0.408 e. The number of hydrogen-bond donors (Lipinski definition) is 5. The highest BCUT2D eigenvalue weighted by atomic mass is 16.6. The van der Waals surface area contributed by atoms with Gasteiger partial charge < -0.3 is 31.4 Å². The van der Waals surface area contributed by atoms with E-state index in [9.17, 15) is 19.2 Å². The van der Waals surface area contributed by atoms with Gasteiger partial charge in [0.15, 0.2) is 0 Å². The summed E-state index contributed by atoms with van der Waals surface area (Å²) in [5.41, 5.74) is 7.35. The van der Waals surface area contributed by atoms with Gasteiger partial charge in [-0.05, 0) is 43.9 Å². The number of para-hydroxylation sites is 1. The van der Waals surface area contributed by atoms with Gasteiger partial charge in [-0.3, -0.25) is 14.4 Å². The Bertz CT molecular complexity index is 1330. The van der Waals surface area contributed by atoms with E-state index in [1.165, 1.54) is 0 Å². The van der Waals surface area contributed by atoms with E-state index < -0.39 is 47.5 Å². The summed E-state index contributed by atoms with van der Waals surface area (Å²) in [5, 5.41) is 9.03. The Labute approximate surface area is 234 Å². The number of aromatic nitrogens is 1. The maximum atomic E-state index is 13.6. The predicted octanol–water partition coefficient (Wildman–Crippen LogP) is 2.96. The number of fused-ring (bicyclic) bond motifs is 1. The standard InChI is InChI=1S/C30H39N5O5/c1-18(2)25(28(38)33-23(26(31)36)15-19-11-7-6-8-12-19)35-27(37)24(34-29(39)40-30(3,4)5)16-20-17-32-22-14-10-9-13-21(20)22/h6-14,17-18,23-25,32H,15-16H2,1-5H3,(H2,31,36)(H,33,38)(H,34,39)(H,35,37)/t23-,24+,25+/m1/s1. The first-order chi connectivity index (χ1) is 18.8. The highest BCUT2D eigenvalue weighted by Gasteiger charge is 2.32. The van der Waals surface area contributed by atoms with E-state index in [0.29, 0.717) is 0 Å². The minimum atomic E-state index is -1.04. The molecule has 40 heavy (non-hydrogen) atoms. The number of nitrogens with two attached hydrogens (primary N) is 1. The molecule has 0 aliphatic heterocycles. The average molecular weight is 550 g/mol. The Hall–Kier alpha value is -4.34. The normalized spacial score (nSPS) is 13.8. The van der Waals surface area contributed by atoms with Gasteiger partial charge in [-0.25, -0.2) is 4.79 Å². The molecule has 0 unspecified atom stereocenters. The number of ether oxygens (including phenoxy) is 1. The van der Waals surface area contributed by atoms with Crippen LogP contribution < -0.4 is 21.7 Å². The SMILES string of the molecule is CC(C)[C@H](NC(=O)[C@H](Cc1c[nH]c2ccccc12)NC(=O)OC(C)(C)C)C(=O)N[C@H](Cc1ccccc1)C(N)=O. The third-order valence-electron chi connectivity index (χ3n) is 6.30. The van der Waals surface area contributed by atoms with Crippen LogP contribution in [-0.4, -0.2) is 52.5 Å². The molecular weight excluding hydrogens is 510 g/mol. The van der Waals surface area contributed by atoms with Crippen LogP contribution in [0.3, 0.4) is 0 Å². The molecule has 4 amide bonds. The van der Waals surface area contributed by atoms with Gasteiger partial charge in [0, 0.05) is 29.9 Å². The van der Waals surface area contributed by atoms with Gasteiger partial charge in [-0.1, -0.05) is 62.4 Å². The van der Waals surface area contributed by atoms with Crippen molar-refractivity contribution >= 4 is 34.7 Å². The Morgan fingerprint density at radius 3 is 2.12 bits per heavy atom. The molecule has 0 spiro atoms. The number of alkyl carbamates (subject to hydrolysis) is 1. The first-order valence-corrected chi connectivity index (χ1v) is 13.3. The van der Waals surface area contributed by atoms with Gasteiger partial charge in [0.2, 0.25) is 17.7 Å². The zero-order chi connectivity index (χ0) is 29.4. The maximum absolute atomic E-state index is 13.6. The minimum Gasteiger partial charge on any atom is -0.444 e. The molecule has 0 aliphatic carbocycles. The van der Waals surface area contributed by atoms with Crippen LogP contribution in [0.25, 0.3) is 10.9 Å². The van der Waals surface area contributed by atoms with Crippen LogP contribution in [0.4, 0.5) is 4.79 Å². The van der Waals surface area contributed by atoms with Crippen molar-refractivity contribution in [2.75, 3.05) is 0 Å². The lowest BCUT2D eigenvalue weighted by Gasteiger charge is -2.27. The Morgan fingerprint density at radius 1 is 0.850 bits per heavy atom. The largest absolute Gasteiger partial charge is 0.444 e. The summed E-state index contributed by atoms with van der Waals surface area (Å²) in [6.45, 7) is 8.73. The summed E-state index contributed by atoms with van der Waals surface area (Å²) in [6, 6.07) is 13.8. The van der Waals surface area contributed by atoms with Gasteiger partial charge in [-0.15, -0.1) is 0 Å². The molecule has 0 saturated heterocycles. The average Bonchev–Trinajstić information content (AvgIpc) is 3.28. The van der Waals surface area contributed by atoms with E-state index in [-0.39, 0.29) is 18.8 Å². The number of nitrogens with one attached hydrogen (secondary N) is 4. The molecule has 6 N–H and O–H groups in total. The summed E-state index contributed by atoms with van der Waals surface area (Å²) in [6.07, 6.45) is 1.40. The number of primary amides is 1. The summed E-state index contributed by atoms with van der Waals surface area (Å²) >= 11 is 0. The van der Waals surface area contributed by atoms with Crippen LogP contribution in [0, 0.1) is 5.92 Å². The number of amides is 4. The molecule has 10 nitrogen and oxygen atoms in total. The van der Waals surface area contributed by atoms with E-state index in [4.69, 9.17) is 10.5 Å². The summed E-state index contributed by atoms with van der Waals surface area (Å²) in [7, 11) is 0. The second kappa shape index (κ2) is 13.1. The topological polar surface area (TPSA) is 155 Å². The van der Waals surface area contributed by atoms with Gasteiger partial charge in [0.05, 0.1) is 0 Å². The molecule has 0 saturated carbocycles. The van der Waals surface area contributed by atoms with Crippen molar-refractivity contribution in [2.45, 2.75) is 71.2 Å². The van der Waals surface area contributed by atoms with Crippen molar-refractivity contribution in [1.29, 1.82) is 0 Å². The molecule has 0 fully saturated rings. The lowest BCUT2D eigenvalue weighted by atomic mass is 9.99. The van der Waals surface area contributed by atoms with Crippen LogP contribution in [-0.2, 0) is 32.0 Å². The number of hydrogen-bond acceptors (Lipinski definition) is 5. The second-order valence-corrected chi connectivity index (χ2v) is 11.1. The Balaban J connectivity index is 1.79. The minimum absolute atomic E-state index is 0.152. The van der Waals surface area contributed by atoms with Crippen LogP contribution in [0.2, 0.25) is 0 Å². The van der Waals surface area contributed by atoms with Gasteiger partial charge in [0.25, 0.3) is 0 Å². The molecule has 3 aromatic rings. The van der Waals surface area contributed by atoms with E-state index in [0.717, 1.165) is 22.0 Å². The van der Waals surface area contributed by atoms with Crippen LogP contribution >= 0.6 is 0 Å². The lowest BCUT2D eigenvalue weighted by molar-refractivity contribution is -0.133. The molecule has 3 rings (SSSR count). The van der Waals surface area contributed by atoms with Crippen molar-refractivity contribution in [2.24, 2.45) is 11.7 Å². The highest BCUT2D eigenvalue weighted by molar-refractivity contribution is 5.94. The van der Waals surface area contributed by atoms with Gasteiger partial charge in [-0.2, -0.15) is 0 Å². The molecule has 0 radical (unpaired) electrons. The van der Waals surface area contributed by atoms with E-state index in [1.54, 1.807) is 40.8 Å². The Morgan fingerprint density at radius 2 is 1.50 bits per heavy atom. The van der Waals surface area contributed by atoms with E-state index in [2.05, 4.69) is 20.9 Å². The number of aromatic amines is 1. The molecule has 1 aromatic heterocycles. The van der Waals surface area contributed by atoms with Gasteiger partial charge >= 0.3 is 6.09 Å². The van der Waals surface area contributed by atoms with E-state index >= 15 is 0 Å². The van der Waals surface area contributed by atoms with Crippen LogP contribution in [0.5, 0.6) is 0 Å². The monoisotopic (exact) mass is 549 g/mol. The summed E-state index contributed by atoms with van der Waals surface area (Å²) < 4.78 is 5.39. The van der Waals surface area contributed by atoms with Crippen molar-refractivity contribution in [3.05, 3.63) is 71.9 Å². The number of H-pyrrole nitrogens is 1. The zero-order valence-corrected chi connectivity index (χ0v) is 23.6. The quantitative estimate of drug-likeness (QED) is 0.249. The molecule has 10 heteroatoms. The predicted molar refractivity (Wildman–Crippen MR) is 153 cm³/mol. The molecule has 2 aromatic carbocycles. The fourth-order valence-electron chi connectivity index (χ4n) is 4.30. The number of benzene rings is 2. The maximum Gasteiger partial charge on any atom is 0.408 e. The number of carbonyl (C=O) groups is 4. The van der Waals surface area contributed by atoms with Crippen molar-refractivity contribution in [3.8, 4) is 0 Å². The first kappa shape index (κ1) is 30.2. The zero-order valence-electron chi connectivity index (χ0n) is 23.6. The van der Waals surface area contributed by atoms with Crippen molar-refractivity contribution in [3.63, 3.8) is 0 Å². The van der Waals surface area contributed by atoms with Gasteiger partial charge in [0.1, 0.15) is 23.7 Å². The van der Waals surface area contributed by atoms with Crippen molar-refractivity contribution in [1.82, 2.24) is 20.9 Å². The number of rotatable bonds is 11. The van der Waals surface area contributed by atoms with Crippen LogP contribution in [0.1, 0.15) is 45.7 Å². The highest BCUT2D eigenvalue weighted by Crippen LogP contribution is 2.20. The lowest BCUT2D eigenvalue weighted by Crippen LogP contribution is -2.58. The van der Waals surface area contributed by atoms with Crippen LogP contribution in [0.15, 0.2) is 60.8 Å². The van der Waals surface area contributed by atoms with E-state index in [1.807, 2.05) is 54.6 Å². The molecule has 0 aliphatic rings. The second-order valence-electron chi connectivity index (χ2n) is 11.1. The Kier molecular flexibility index (Phi) is 9.93. The van der Waals surface area contributed by atoms with Crippen molar-refractivity contribution < 1.29 is 23.9 Å². The fraction of sp³-hybridized carbons (Fsp3) is 0.400. The third kappa shape index (κ3) is 8.59. The third-order valence-corrected chi connectivity index (χ3v) is 6.30. The molecule has 1 heterocycles. The number of carbonyl (C=O) groups excluding carboxylic acids is 4. The summed E-state index contributed by atoms with van der Waals surface area (Å²) in [5.74, 6) is -2.13. The molecule has 214 valence electrons.